The number of ether oxygens (including phenoxy) is 2. The lowest BCUT2D eigenvalue weighted by Gasteiger charge is -2.35. The van der Waals surface area contributed by atoms with E-state index in [1.165, 1.54) is 0 Å². The van der Waals surface area contributed by atoms with Crippen LogP contribution in [0.3, 0.4) is 0 Å². The zero-order valence-electron chi connectivity index (χ0n) is 24.0. The van der Waals surface area contributed by atoms with Crippen LogP contribution >= 0.6 is 0 Å². The van der Waals surface area contributed by atoms with Crippen LogP contribution in [0.1, 0.15) is 40.2 Å². The Kier molecular flexibility index (Phi) is 6.39. The van der Waals surface area contributed by atoms with E-state index in [-0.39, 0.29) is 12.1 Å². The van der Waals surface area contributed by atoms with Crippen molar-refractivity contribution in [1.29, 1.82) is 0 Å². The minimum atomic E-state index is -0.751. The molecule has 210 valence electrons. The molecule has 1 atom stereocenters. The van der Waals surface area contributed by atoms with Crippen molar-refractivity contribution in [3.05, 3.63) is 84.1 Å². The molecule has 2 aliphatic heterocycles. The Balaban J connectivity index is 1.26. The molecule has 0 aliphatic carbocycles. The molecule has 0 radical (unpaired) electrons. The zero-order chi connectivity index (χ0) is 28.9. The molecule has 0 saturated carbocycles. The topological polar surface area (TPSA) is 77.9 Å². The molecule has 1 N–H and O–H groups in total. The van der Waals surface area contributed by atoms with Crippen LogP contribution in [0, 0.1) is 6.57 Å². The van der Waals surface area contributed by atoms with Gasteiger partial charge in [0.15, 0.2) is 11.5 Å². The van der Waals surface area contributed by atoms with Gasteiger partial charge in [-0.25, -0.2) is 14.6 Å². The number of nitrogens with one attached hydrogen (secondary N) is 1. The van der Waals surface area contributed by atoms with E-state index in [1.807, 2.05) is 71.3 Å². The van der Waals surface area contributed by atoms with E-state index in [2.05, 4.69) is 54.7 Å². The molecule has 41 heavy (non-hydrogen) atoms. The van der Waals surface area contributed by atoms with Gasteiger partial charge in [0.25, 0.3) is 0 Å². The maximum absolute atomic E-state index is 13.0. The second-order valence-corrected chi connectivity index (χ2v) is 12.0. The number of imidazole rings is 1. The monoisotopic (exact) mass is 550 g/mol. The number of carbonyl (C=O) groups excluding carboxylic acids is 1. The molecule has 6 rings (SSSR count). The summed E-state index contributed by atoms with van der Waals surface area (Å²) in [5.74, 6) is 0.881. The van der Waals surface area contributed by atoms with Gasteiger partial charge >= 0.3 is 6.09 Å². The molecular weight excluding hydrogens is 516 g/mol. The molecule has 9 nitrogen and oxygen atoms in total. The van der Waals surface area contributed by atoms with E-state index in [9.17, 15) is 4.79 Å². The molecule has 2 aliphatic rings. The lowest BCUT2D eigenvalue weighted by atomic mass is 10.1. The fourth-order valence-corrected chi connectivity index (χ4v) is 5.59. The van der Waals surface area contributed by atoms with Gasteiger partial charge in [-0.2, -0.15) is 0 Å². The highest BCUT2D eigenvalue weighted by Crippen LogP contribution is 2.35. The SMILES string of the molecule is [C-]#[N+]c1ccc(-c2cc3n(c2)Cc2cc(NC[C@@H]4COC(C)(C)N4C(=O)OC(C)(C)C)ccc2-n2ccnc2-3)cc1. The van der Waals surface area contributed by atoms with Crippen molar-refractivity contribution in [2.45, 2.75) is 58.5 Å². The number of hydrogen-bond donors (Lipinski definition) is 1. The highest BCUT2D eigenvalue weighted by molar-refractivity contribution is 5.73. The number of carbonyl (C=O) groups is 1. The molecule has 4 aromatic rings. The predicted octanol–water partition coefficient (Wildman–Crippen LogP) is 6.70. The van der Waals surface area contributed by atoms with Gasteiger partial charge in [0.05, 0.1) is 30.6 Å². The molecule has 0 unspecified atom stereocenters. The molecule has 1 amide bonds. The van der Waals surface area contributed by atoms with Gasteiger partial charge in [-0.15, -0.1) is 0 Å². The van der Waals surface area contributed by atoms with Crippen molar-refractivity contribution in [1.82, 2.24) is 19.0 Å². The molecule has 0 spiro atoms. The molecule has 2 aromatic carbocycles. The highest BCUT2D eigenvalue weighted by atomic mass is 16.6. The first-order valence-corrected chi connectivity index (χ1v) is 13.8. The number of fused-ring (bicyclic) bond motifs is 5. The van der Waals surface area contributed by atoms with Crippen molar-refractivity contribution >= 4 is 17.5 Å². The lowest BCUT2D eigenvalue weighted by molar-refractivity contribution is -0.0620. The Morgan fingerprint density at radius 1 is 1.17 bits per heavy atom. The van der Waals surface area contributed by atoms with Crippen LogP contribution in [0.4, 0.5) is 16.2 Å². The maximum Gasteiger partial charge on any atom is 0.412 e. The summed E-state index contributed by atoms with van der Waals surface area (Å²) >= 11 is 0. The lowest BCUT2D eigenvalue weighted by Crippen LogP contribution is -2.51. The van der Waals surface area contributed by atoms with Gasteiger partial charge in [0.2, 0.25) is 0 Å². The number of rotatable bonds is 4. The number of anilines is 1. The molecule has 1 saturated heterocycles. The Labute approximate surface area is 240 Å². The Morgan fingerprint density at radius 3 is 2.68 bits per heavy atom. The fraction of sp³-hybridized carbons (Fsp3) is 0.344. The minimum absolute atomic E-state index is 0.174. The van der Waals surface area contributed by atoms with Crippen molar-refractivity contribution in [2.24, 2.45) is 0 Å². The largest absolute Gasteiger partial charge is 0.444 e. The second kappa shape index (κ2) is 9.82. The third kappa shape index (κ3) is 5.07. The number of nitrogens with zero attached hydrogens (tertiary/aromatic N) is 5. The van der Waals surface area contributed by atoms with E-state index in [0.717, 1.165) is 39.6 Å². The quantitative estimate of drug-likeness (QED) is 0.252. The van der Waals surface area contributed by atoms with Crippen molar-refractivity contribution in [3.63, 3.8) is 0 Å². The van der Waals surface area contributed by atoms with Gasteiger partial charge in [-0.05, 0) is 70.0 Å². The molecule has 0 bridgehead atoms. The van der Waals surface area contributed by atoms with Crippen LogP contribution in [-0.2, 0) is 16.0 Å². The van der Waals surface area contributed by atoms with Crippen LogP contribution in [0.15, 0.2) is 67.1 Å². The van der Waals surface area contributed by atoms with E-state index < -0.39 is 11.3 Å². The number of amides is 1. The average molecular weight is 551 g/mol. The minimum Gasteiger partial charge on any atom is -0.444 e. The van der Waals surface area contributed by atoms with Gasteiger partial charge in [0, 0.05) is 42.9 Å². The summed E-state index contributed by atoms with van der Waals surface area (Å²) in [6.45, 7) is 18.2. The fourth-order valence-electron chi connectivity index (χ4n) is 5.59. The summed E-state index contributed by atoms with van der Waals surface area (Å²) in [7, 11) is 0. The molecule has 1 fully saturated rings. The van der Waals surface area contributed by atoms with E-state index >= 15 is 0 Å². The summed E-state index contributed by atoms with van der Waals surface area (Å²) in [5.41, 5.74) is 5.64. The zero-order valence-corrected chi connectivity index (χ0v) is 24.0. The van der Waals surface area contributed by atoms with Gasteiger partial charge in [-0.1, -0.05) is 24.3 Å². The van der Waals surface area contributed by atoms with Crippen LogP contribution in [0.2, 0.25) is 0 Å². The standard InChI is InChI=1S/C32H34N6O3/c1-31(2,3)41-30(39)38-26(20-40-32(38,4)5)17-35-25-11-12-27-23(15-25)19-36-18-22(21-7-9-24(33-6)10-8-21)16-28(36)29-34-13-14-37(27)29/h7-16,18,26,35H,17,19-20H2,1-5H3/t26-/m1/s1. The number of aromatic nitrogens is 3. The highest BCUT2D eigenvalue weighted by Gasteiger charge is 2.45. The maximum atomic E-state index is 13.0. The average Bonchev–Trinajstić information content (AvgIpc) is 3.62. The second-order valence-electron chi connectivity index (χ2n) is 12.0. The first kappa shape index (κ1) is 26.7. The van der Waals surface area contributed by atoms with Crippen LogP contribution in [0.25, 0.3) is 33.2 Å². The summed E-state index contributed by atoms with van der Waals surface area (Å²) in [6.07, 6.45) is 5.59. The van der Waals surface area contributed by atoms with Crippen LogP contribution in [-0.4, -0.2) is 55.6 Å². The third-order valence-corrected chi connectivity index (χ3v) is 7.48. The predicted molar refractivity (Wildman–Crippen MR) is 158 cm³/mol. The molecular formula is C32H34N6O3. The summed E-state index contributed by atoms with van der Waals surface area (Å²) in [6, 6.07) is 16.0. The van der Waals surface area contributed by atoms with E-state index in [1.54, 1.807) is 4.90 Å². The van der Waals surface area contributed by atoms with Crippen LogP contribution in [0.5, 0.6) is 0 Å². The first-order chi connectivity index (χ1) is 19.5. The third-order valence-electron chi connectivity index (χ3n) is 7.48. The summed E-state index contributed by atoms with van der Waals surface area (Å²) in [5, 5.41) is 3.54. The van der Waals surface area contributed by atoms with E-state index in [0.29, 0.717) is 25.4 Å². The molecule has 4 heterocycles. The Morgan fingerprint density at radius 2 is 1.95 bits per heavy atom. The summed E-state index contributed by atoms with van der Waals surface area (Å²) in [4.78, 5) is 22.9. The van der Waals surface area contributed by atoms with Crippen molar-refractivity contribution in [2.75, 3.05) is 18.5 Å². The Hall–Kier alpha value is -4.55. The summed E-state index contributed by atoms with van der Waals surface area (Å²) < 4.78 is 16.0. The molecule has 2 aromatic heterocycles. The Bertz CT molecular complexity index is 1650. The van der Waals surface area contributed by atoms with Gasteiger partial charge in [0.1, 0.15) is 11.3 Å². The van der Waals surface area contributed by atoms with Crippen LogP contribution < -0.4 is 5.32 Å². The smallest absolute Gasteiger partial charge is 0.412 e. The van der Waals surface area contributed by atoms with Crippen molar-refractivity contribution < 1.29 is 14.3 Å². The van der Waals surface area contributed by atoms with E-state index in [4.69, 9.17) is 16.0 Å². The first-order valence-electron chi connectivity index (χ1n) is 13.8. The normalized spacial score (nSPS) is 17.2. The van der Waals surface area contributed by atoms with Crippen molar-refractivity contribution in [3.8, 4) is 28.3 Å². The number of hydrogen-bond acceptors (Lipinski definition) is 5. The van der Waals surface area contributed by atoms with Gasteiger partial charge in [-0.3, -0.25) is 9.47 Å². The molecule has 9 heteroatoms. The number of benzene rings is 2. The van der Waals surface area contributed by atoms with Gasteiger partial charge < -0.3 is 19.4 Å².